The number of aldehydes is 1. The van der Waals surface area contributed by atoms with Gasteiger partial charge in [0.2, 0.25) is 0 Å². The fraction of sp³-hybridized carbons (Fsp3) is 0.706. The summed E-state index contributed by atoms with van der Waals surface area (Å²) in [7, 11) is 0. The molecule has 3 heteroatoms. The molecule has 20 heavy (non-hydrogen) atoms. The number of ether oxygens (including phenoxy) is 2. The standard InChI is InChI=1S/C17H28O3/c1-3-5-7-13-19-16-9-11-17(15-18,12-10-16)20-14-8-6-4-2/h9-11,15H,3-8,12-14H2,1-2H3. The molecule has 1 aliphatic rings. The first-order valence-electron chi connectivity index (χ1n) is 7.89. The molecule has 0 saturated heterocycles. The number of carbonyl (C=O) groups is 1. The zero-order chi connectivity index (χ0) is 14.7. The van der Waals surface area contributed by atoms with E-state index < -0.39 is 5.60 Å². The highest BCUT2D eigenvalue weighted by molar-refractivity contribution is 5.67. The molecule has 0 N–H and O–H groups in total. The molecule has 0 aromatic carbocycles. The van der Waals surface area contributed by atoms with Crippen molar-refractivity contribution in [3.63, 3.8) is 0 Å². The zero-order valence-corrected chi connectivity index (χ0v) is 12.9. The summed E-state index contributed by atoms with van der Waals surface area (Å²) in [4.78, 5) is 11.3. The molecule has 0 bridgehead atoms. The van der Waals surface area contributed by atoms with Gasteiger partial charge in [0, 0.05) is 13.0 Å². The number of unbranched alkanes of at least 4 members (excludes halogenated alkanes) is 4. The number of allylic oxidation sites excluding steroid dienone is 1. The Morgan fingerprint density at radius 3 is 2.40 bits per heavy atom. The molecular weight excluding hydrogens is 252 g/mol. The van der Waals surface area contributed by atoms with E-state index in [4.69, 9.17) is 9.47 Å². The van der Waals surface area contributed by atoms with Crippen molar-refractivity contribution in [2.24, 2.45) is 0 Å². The van der Waals surface area contributed by atoms with Crippen LogP contribution < -0.4 is 0 Å². The average Bonchev–Trinajstić information content (AvgIpc) is 2.50. The highest BCUT2D eigenvalue weighted by atomic mass is 16.5. The van der Waals surface area contributed by atoms with Gasteiger partial charge in [-0.05, 0) is 31.1 Å². The van der Waals surface area contributed by atoms with E-state index in [9.17, 15) is 4.79 Å². The molecule has 0 aromatic heterocycles. The van der Waals surface area contributed by atoms with E-state index in [2.05, 4.69) is 13.8 Å². The summed E-state index contributed by atoms with van der Waals surface area (Å²) in [5.41, 5.74) is -0.774. The molecule has 0 heterocycles. The monoisotopic (exact) mass is 280 g/mol. The molecule has 114 valence electrons. The van der Waals surface area contributed by atoms with Crippen LogP contribution in [0.4, 0.5) is 0 Å². The average molecular weight is 280 g/mol. The Bertz CT molecular complexity index is 333. The van der Waals surface area contributed by atoms with Gasteiger partial charge < -0.3 is 9.47 Å². The maximum absolute atomic E-state index is 11.3. The van der Waals surface area contributed by atoms with Crippen LogP contribution in [0.1, 0.15) is 58.8 Å². The first kappa shape index (κ1) is 17.0. The molecule has 1 aliphatic carbocycles. The van der Waals surface area contributed by atoms with E-state index in [1.54, 1.807) is 0 Å². The van der Waals surface area contributed by atoms with Crippen LogP contribution in [-0.4, -0.2) is 25.1 Å². The lowest BCUT2D eigenvalue weighted by molar-refractivity contribution is -0.125. The van der Waals surface area contributed by atoms with Gasteiger partial charge in [-0.15, -0.1) is 0 Å². The van der Waals surface area contributed by atoms with Gasteiger partial charge in [0.25, 0.3) is 0 Å². The third-order valence-electron chi connectivity index (χ3n) is 3.49. The van der Waals surface area contributed by atoms with Gasteiger partial charge in [0.05, 0.1) is 6.61 Å². The summed E-state index contributed by atoms with van der Waals surface area (Å²) < 4.78 is 11.4. The fourth-order valence-corrected chi connectivity index (χ4v) is 2.11. The van der Waals surface area contributed by atoms with Crippen LogP contribution in [-0.2, 0) is 14.3 Å². The minimum Gasteiger partial charge on any atom is -0.494 e. The van der Waals surface area contributed by atoms with Crippen molar-refractivity contribution in [1.29, 1.82) is 0 Å². The summed E-state index contributed by atoms with van der Waals surface area (Å²) in [5, 5.41) is 0. The summed E-state index contributed by atoms with van der Waals surface area (Å²) in [6, 6.07) is 0. The van der Waals surface area contributed by atoms with Gasteiger partial charge in [-0.2, -0.15) is 0 Å². The van der Waals surface area contributed by atoms with Gasteiger partial charge in [0.15, 0.2) is 6.29 Å². The van der Waals surface area contributed by atoms with Gasteiger partial charge in [-0.25, -0.2) is 0 Å². The third kappa shape index (κ3) is 5.91. The number of rotatable bonds is 11. The van der Waals surface area contributed by atoms with E-state index in [0.717, 1.165) is 44.3 Å². The Morgan fingerprint density at radius 2 is 1.85 bits per heavy atom. The second-order valence-corrected chi connectivity index (χ2v) is 5.33. The molecule has 0 aliphatic heterocycles. The molecule has 0 saturated carbocycles. The quantitative estimate of drug-likeness (QED) is 0.420. The third-order valence-corrected chi connectivity index (χ3v) is 3.49. The molecule has 0 amide bonds. The van der Waals surface area contributed by atoms with Gasteiger partial charge in [-0.3, -0.25) is 4.79 Å². The largest absolute Gasteiger partial charge is 0.494 e. The lowest BCUT2D eigenvalue weighted by Gasteiger charge is -2.26. The summed E-state index contributed by atoms with van der Waals surface area (Å²) in [5.74, 6) is 0.857. The predicted molar refractivity (Wildman–Crippen MR) is 81.6 cm³/mol. The van der Waals surface area contributed by atoms with Crippen LogP contribution >= 0.6 is 0 Å². The predicted octanol–water partition coefficient (Wildman–Crippen LogP) is 4.18. The van der Waals surface area contributed by atoms with Crippen LogP contribution in [0.3, 0.4) is 0 Å². The van der Waals surface area contributed by atoms with Crippen LogP contribution in [0, 0.1) is 0 Å². The van der Waals surface area contributed by atoms with Crippen molar-refractivity contribution in [1.82, 2.24) is 0 Å². The summed E-state index contributed by atoms with van der Waals surface area (Å²) >= 11 is 0. The van der Waals surface area contributed by atoms with E-state index in [0.29, 0.717) is 13.0 Å². The van der Waals surface area contributed by atoms with Crippen molar-refractivity contribution >= 4 is 6.29 Å². The lowest BCUT2D eigenvalue weighted by Crippen LogP contribution is -2.33. The SMILES string of the molecule is CCCCCOC1=CCC(C=O)(OCCCCC)C=C1. The Hall–Kier alpha value is -1.09. The maximum Gasteiger partial charge on any atom is 0.156 e. The van der Waals surface area contributed by atoms with Crippen molar-refractivity contribution < 1.29 is 14.3 Å². The summed E-state index contributed by atoms with van der Waals surface area (Å²) in [6.45, 7) is 5.71. The second-order valence-electron chi connectivity index (χ2n) is 5.33. The topological polar surface area (TPSA) is 35.5 Å². The van der Waals surface area contributed by atoms with Gasteiger partial charge in [-0.1, -0.05) is 39.5 Å². The van der Waals surface area contributed by atoms with Crippen LogP contribution in [0.15, 0.2) is 24.0 Å². The molecule has 1 rings (SSSR count). The van der Waals surface area contributed by atoms with E-state index >= 15 is 0 Å². The normalized spacial score (nSPS) is 21.6. The van der Waals surface area contributed by atoms with Crippen molar-refractivity contribution in [3.8, 4) is 0 Å². The minimum absolute atomic E-state index is 0.572. The van der Waals surface area contributed by atoms with E-state index in [-0.39, 0.29) is 0 Å². The Labute approximate surface area is 123 Å². The van der Waals surface area contributed by atoms with Crippen molar-refractivity contribution in [2.45, 2.75) is 64.4 Å². The molecule has 0 radical (unpaired) electrons. The first-order chi connectivity index (χ1) is 9.76. The second kappa shape index (κ2) is 9.76. The smallest absolute Gasteiger partial charge is 0.156 e. The molecule has 1 atom stereocenters. The van der Waals surface area contributed by atoms with Crippen molar-refractivity contribution in [3.05, 3.63) is 24.0 Å². The number of hydrogen-bond donors (Lipinski definition) is 0. The Balaban J connectivity index is 2.34. The van der Waals surface area contributed by atoms with Gasteiger partial charge >= 0.3 is 0 Å². The zero-order valence-electron chi connectivity index (χ0n) is 12.9. The first-order valence-corrected chi connectivity index (χ1v) is 7.89. The molecule has 3 nitrogen and oxygen atoms in total. The van der Waals surface area contributed by atoms with E-state index in [1.807, 2.05) is 18.2 Å². The van der Waals surface area contributed by atoms with E-state index in [1.165, 1.54) is 12.8 Å². The molecule has 1 unspecified atom stereocenters. The molecule has 0 fully saturated rings. The maximum atomic E-state index is 11.3. The van der Waals surface area contributed by atoms with Gasteiger partial charge in [0.1, 0.15) is 11.4 Å². The Kier molecular flexibility index (Phi) is 8.28. The highest BCUT2D eigenvalue weighted by Gasteiger charge is 2.28. The number of hydrogen-bond acceptors (Lipinski definition) is 3. The number of carbonyl (C=O) groups excluding carboxylic acids is 1. The van der Waals surface area contributed by atoms with Crippen molar-refractivity contribution in [2.75, 3.05) is 13.2 Å². The summed E-state index contributed by atoms with van der Waals surface area (Å²) in [6.07, 6.45) is 13.9. The van der Waals surface area contributed by atoms with Crippen LogP contribution in [0.2, 0.25) is 0 Å². The molecular formula is C17H28O3. The molecule has 0 aromatic rings. The minimum atomic E-state index is -0.774. The molecule has 0 spiro atoms. The fourth-order valence-electron chi connectivity index (χ4n) is 2.11. The van der Waals surface area contributed by atoms with Crippen LogP contribution in [0.25, 0.3) is 0 Å². The highest BCUT2D eigenvalue weighted by Crippen LogP contribution is 2.24. The van der Waals surface area contributed by atoms with Crippen LogP contribution in [0.5, 0.6) is 0 Å². The Morgan fingerprint density at radius 1 is 1.15 bits per heavy atom. The lowest BCUT2D eigenvalue weighted by atomic mass is 9.96.